The zero-order chi connectivity index (χ0) is 24.2. The summed E-state index contributed by atoms with van der Waals surface area (Å²) in [5.41, 5.74) is 3.47. The standard InChI is InChI=1S/C27H34FN3O3/c1-19-14-30(17-22-6-10-24(11-7-22)27(33)34-3)15-20(2)31(19)26(32)23-8-4-21(5-9-23)16-29-13-12-25(28)18-29/h4-11,19-20,25H,12-18H2,1-3H3/t19-,20+,25?. The number of halogens is 1. The van der Waals surface area contributed by atoms with Crippen LogP contribution in [-0.4, -0.2) is 78.1 Å². The minimum absolute atomic E-state index is 0.0543. The van der Waals surface area contributed by atoms with Gasteiger partial charge in [0.15, 0.2) is 0 Å². The van der Waals surface area contributed by atoms with Gasteiger partial charge in [-0.05, 0) is 55.7 Å². The van der Waals surface area contributed by atoms with Gasteiger partial charge in [-0.1, -0.05) is 24.3 Å². The molecule has 1 amide bonds. The van der Waals surface area contributed by atoms with E-state index in [4.69, 9.17) is 4.74 Å². The molecule has 0 N–H and O–H groups in total. The van der Waals surface area contributed by atoms with E-state index in [1.807, 2.05) is 41.3 Å². The lowest BCUT2D eigenvalue weighted by atomic mass is 10.0. The molecule has 1 unspecified atom stereocenters. The van der Waals surface area contributed by atoms with Crippen LogP contribution in [0.4, 0.5) is 4.39 Å². The second kappa shape index (κ2) is 10.7. The molecule has 4 rings (SSSR count). The Hall–Kier alpha value is -2.77. The number of alkyl halides is 1. The Morgan fingerprint density at radius 1 is 0.853 bits per heavy atom. The van der Waals surface area contributed by atoms with E-state index in [0.29, 0.717) is 24.1 Å². The topological polar surface area (TPSA) is 53.1 Å². The molecule has 3 atom stereocenters. The van der Waals surface area contributed by atoms with Crippen molar-refractivity contribution in [2.24, 2.45) is 0 Å². The molecule has 2 fully saturated rings. The molecule has 182 valence electrons. The molecule has 2 aromatic carbocycles. The molecule has 0 spiro atoms. The number of amides is 1. The Balaban J connectivity index is 1.34. The number of hydrogen-bond acceptors (Lipinski definition) is 5. The maximum atomic E-state index is 13.4. The van der Waals surface area contributed by atoms with Gasteiger partial charge < -0.3 is 9.64 Å². The number of methoxy groups -OCH3 is 1. The Morgan fingerprint density at radius 2 is 1.38 bits per heavy atom. The zero-order valence-electron chi connectivity index (χ0n) is 20.2. The monoisotopic (exact) mass is 467 g/mol. The minimum Gasteiger partial charge on any atom is -0.465 e. The number of likely N-dealkylation sites (tertiary alicyclic amines) is 1. The second-order valence-corrected chi connectivity index (χ2v) is 9.61. The summed E-state index contributed by atoms with van der Waals surface area (Å²) in [4.78, 5) is 31.4. The van der Waals surface area contributed by atoms with Gasteiger partial charge in [-0.3, -0.25) is 14.6 Å². The molecule has 2 heterocycles. The number of piperazine rings is 1. The van der Waals surface area contributed by atoms with Crippen molar-refractivity contribution in [2.45, 2.75) is 51.6 Å². The van der Waals surface area contributed by atoms with Crippen molar-refractivity contribution in [1.82, 2.24) is 14.7 Å². The van der Waals surface area contributed by atoms with Crippen molar-refractivity contribution in [3.05, 3.63) is 70.8 Å². The lowest BCUT2D eigenvalue weighted by Crippen LogP contribution is -2.58. The summed E-state index contributed by atoms with van der Waals surface area (Å²) in [6, 6.07) is 15.4. The number of hydrogen-bond donors (Lipinski definition) is 0. The molecule has 7 heteroatoms. The van der Waals surface area contributed by atoms with Crippen LogP contribution in [0, 0.1) is 0 Å². The number of nitrogens with zero attached hydrogens (tertiary/aromatic N) is 3. The maximum Gasteiger partial charge on any atom is 0.337 e. The van der Waals surface area contributed by atoms with Crippen LogP contribution in [0.5, 0.6) is 0 Å². The Bertz CT molecular complexity index is 983. The lowest BCUT2D eigenvalue weighted by Gasteiger charge is -2.44. The number of carbonyl (C=O) groups excluding carboxylic acids is 2. The van der Waals surface area contributed by atoms with E-state index >= 15 is 0 Å². The molecule has 0 radical (unpaired) electrons. The van der Waals surface area contributed by atoms with Crippen LogP contribution >= 0.6 is 0 Å². The third-order valence-electron chi connectivity index (χ3n) is 6.83. The molecule has 0 saturated carbocycles. The largest absolute Gasteiger partial charge is 0.465 e. The van der Waals surface area contributed by atoms with Crippen molar-refractivity contribution in [1.29, 1.82) is 0 Å². The van der Waals surface area contributed by atoms with E-state index < -0.39 is 6.17 Å². The van der Waals surface area contributed by atoms with Crippen LogP contribution in [0.3, 0.4) is 0 Å². The molecule has 2 aromatic rings. The normalized spacial score (nSPS) is 23.8. The first-order valence-corrected chi connectivity index (χ1v) is 12.0. The number of esters is 1. The number of benzene rings is 2. The van der Waals surface area contributed by atoms with Crippen LogP contribution in [0.1, 0.15) is 52.1 Å². The third kappa shape index (κ3) is 5.65. The number of ether oxygens (including phenoxy) is 1. The third-order valence-corrected chi connectivity index (χ3v) is 6.83. The summed E-state index contributed by atoms with van der Waals surface area (Å²) in [6.07, 6.45) is -0.112. The molecular formula is C27H34FN3O3. The molecule has 0 bridgehead atoms. The summed E-state index contributed by atoms with van der Waals surface area (Å²) < 4.78 is 18.2. The maximum absolute atomic E-state index is 13.4. The van der Waals surface area contributed by atoms with E-state index in [9.17, 15) is 14.0 Å². The van der Waals surface area contributed by atoms with Crippen molar-refractivity contribution in [3.63, 3.8) is 0 Å². The molecule has 2 saturated heterocycles. The molecule has 0 aliphatic carbocycles. The smallest absolute Gasteiger partial charge is 0.337 e. The number of rotatable bonds is 6. The first kappa shape index (κ1) is 24.4. The van der Waals surface area contributed by atoms with Crippen molar-refractivity contribution >= 4 is 11.9 Å². The summed E-state index contributed by atoms with van der Waals surface area (Å²) >= 11 is 0. The summed E-state index contributed by atoms with van der Waals surface area (Å²) in [5.74, 6) is -0.281. The Labute approximate surface area is 201 Å². The molecule has 34 heavy (non-hydrogen) atoms. The highest BCUT2D eigenvalue weighted by molar-refractivity contribution is 5.94. The van der Waals surface area contributed by atoms with Crippen LogP contribution < -0.4 is 0 Å². The van der Waals surface area contributed by atoms with E-state index in [1.165, 1.54) is 7.11 Å². The van der Waals surface area contributed by atoms with E-state index in [0.717, 1.165) is 43.9 Å². The minimum atomic E-state index is -0.721. The van der Waals surface area contributed by atoms with Crippen LogP contribution in [0.15, 0.2) is 48.5 Å². The first-order chi connectivity index (χ1) is 16.3. The van der Waals surface area contributed by atoms with E-state index in [1.54, 1.807) is 12.1 Å². The highest BCUT2D eigenvalue weighted by Crippen LogP contribution is 2.22. The van der Waals surface area contributed by atoms with Gasteiger partial charge in [-0.15, -0.1) is 0 Å². The Kier molecular flexibility index (Phi) is 7.63. The first-order valence-electron chi connectivity index (χ1n) is 12.0. The van der Waals surface area contributed by atoms with Gasteiger partial charge in [0.2, 0.25) is 0 Å². The molecule has 2 aliphatic heterocycles. The second-order valence-electron chi connectivity index (χ2n) is 9.61. The summed E-state index contributed by atoms with van der Waals surface area (Å²) in [5, 5.41) is 0. The Morgan fingerprint density at radius 3 is 1.88 bits per heavy atom. The van der Waals surface area contributed by atoms with Gasteiger partial charge in [0.1, 0.15) is 6.17 Å². The average Bonchev–Trinajstić information content (AvgIpc) is 3.23. The summed E-state index contributed by atoms with van der Waals surface area (Å²) in [6.45, 7) is 8.53. The fraction of sp³-hybridized carbons (Fsp3) is 0.481. The fourth-order valence-electron chi connectivity index (χ4n) is 5.17. The SMILES string of the molecule is COC(=O)c1ccc(CN2C[C@@H](C)N(C(=O)c3ccc(CN4CCC(F)C4)cc3)[C@@H](C)C2)cc1. The quantitative estimate of drug-likeness (QED) is 0.606. The average molecular weight is 468 g/mol. The van der Waals surface area contributed by atoms with E-state index in [2.05, 4.69) is 23.6 Å². The fourth-order valence-corrected chi connectivity index (χ4v) is 5.17. The van der Waals surface area contributed by atoms with Crippen LogP contribution in [-0.2, 0) is 17.8 Å². The van der Waals surface area contributed by atoms with Gasteiger partial charge in [-0.2, -0.15) is 0 Å². The predicted octanol–water partition coefficient (Wildman–Crippen LogP) is 3.75. The zero-order valence-corrected chi connectivity index (χ0v) is 20.2. The van der Waals surface area contributed by atoms with Crippen molar-refractivity contribution in [3.8, 4) is 0 Å². The van der Waals surface area contributed by atoms with Crippen LogP contribution in [0.2, 0.25) is 0 Å². The van der Waals surface area contributed by atoms with Gasteiger partial charge in [0, 0.05) is 56.9 Å². The molecule has 6 nitrogen and oxygen atoms in total. The molecule has 0 aromatic heterocycles. The van der Waals surface area contributed by atoms with Gasteiger partial charge in [-0.25, -0.2) is 9.18 Å². The van der Waals surface area contributed by atoms with Gasteiger partial charge in [0.05, 0.1) is 12.7 Å². The predicted molar refractivity (Wildman–Crippen MR) is 129 cm³/mol. The highest BCUT2D eigenvalue weighted by atomic mass is 19.1. The number of carbonyl (C=O) groups is 2. The lowest BCUT2D eigenvalue weighted by molar-refractivity contribution is 0.0268. The van der Waals surface area contributed by atoms with E-state index in [-0.39, 0.29) is 24.0 Å². The van der Waals surface area contributed by atoms with Crippen molar-refractivity contribution in [2.75, 3.05) is 33.3 Å². The molecular weight excluding hydrogens is 433 g/mol. The summed E-state index contributed by atoms with van der Waals surface area (Å²) in [7, 11) is 1.38. The highest BCUT2D eigenvalue weighted by Gasteiger charge is 2.33. The van der Waals surface area contributed by atoms with Gasteiger partial charge >= 0.3 is 5.97 Å². The van der Waals surface area contributed by atoms with Crippen molar-refractivity contribution < 1.29 is 18.7 Å². The molecule has 2 aliphatic rings. The van der Waals surface area contributed by atoms with Gasteiger partial charge in [0.25, 0.3) is 5.91 Å². The van der Waals surface area contributed by atoms with Crippen LogP contribution in [0.25, 0.3) is 0 Å².